The molecule has 0 aliphatic heterocycles. The Labute approximate surface area is 169 Å². The molecule has 0 spiro atoms. The van der Waals surface area contributed by atoms with Crippen LogP contribution in [0.15, 0.2) is 46.3 Å². The number of carbonyl (C=O) groups excluding carboxylic acids is 1. The molecule has 0 atom stereocenters. The van der Waals surface area contributed by atoms with Crippen molar-refractivity contribution in [2.24, 2.45) is 0 Å². The predicted molar refractivity (Wildman–Crippen MR) is 112 cm³/mol. The van der Waals surface area contributed by atoms with Crippen LogP contribution in [0.25, 0.3) is 0 Å². The lowest BCUT2D eigenvalue weighted by Gasteiger charge is -2.09. The van der Waals surface area contributed by atoms with Crippen molar-refractivity contribution in [2.45, 2.75) is 6.92 Å². The Morgan fingerprint density at radius 2 is 1.81 bits per heavy atom. The summed E-state index contributed by atoms with van der Waals surface area (Å²) in [5, 5.41) is 8.35. The number of hydrogen-bond acceptors (Lipinski definition) is 6. The van der Waals surface area contributed by atoms with E-state index >= 15 is 0 Å². The van der Waals surface area contributed by atoms with E-state index in [1.165, 1.54) is 11.3 Å². The van der Waals surface area contributed by atoms with Gasteiger partial charge < -0.3 is 20.1 Å². The van der Waals surface area contributed by atoms with E-state index in [1.54, 1.807) is 25.7 Å². The smallest absolute Gasteiger partial charge is 0.275 e. The summed E-state index contributed by atoms with van der Waals surface area (Å²) in [6.45, 7) is 1.97. The van der Waals surface area contributed by atoms with Gasteiger partial charge in [-0.2, -0.15) is 0 Å². The molecule has 1 aromatic heterocycles. The number of nitrogens with zero attached hydrogens (tertiary/aromatic N) is 1. The van der Waals surface area contributed by atoms with E-state index in [0.29, 0.717) is 22.3 Å². The van der Waals surface area contributed by atoms with Gasteiger partial charge in [0.2, 0.25) is 0 Å². The molecule has 2 N–H and O–H groups in total. The van der Waals surface area contributed by atoms with Crippen LogP contribution in [0, 0.1) is 6.92 Å². The van der Waals surface area contributed by atoms with E-state index < -0.39 is 0 Å². The van der Waals surface area contributed by atoms with Gasteiger partial charge in [-0.3, -0.25) is 4.79 Å². The van der Waals surface area contributed by atoms with Crippen molar-refractivity contribution in [1.82, 2.24) is 4.98 Å². The maximum atomic E-state index is 12.4. The van der Waals surface area contributed by atoms with Gasteiger partial charge in [-0.25, -0.2) is 4.98 Å². The Bertz CT molecular complexity index is 975. The Kier molecular flexibility index (Phi) is 5.98. The third kappa shape index (κ3) is 4.58. The maximum Gasteiger partial charge on any atom is 0.275 e. The van der Waals surface area contributed by atoms with Gasteiger partial charge >= 0.3 is 0 Å². The van der Waals surface area contributed by atoms with E-state index in [9.17, 15) is 4.79 Å². The average molecular weight is 448 g/mol. The fraction of sp³-hybridized carbons (Fsp3) is 0.158. The molecule has 140 valence electrons. The SMILES string of the molecule is COc1ccc(Nc2nc(C(=O)Nc3ccc(Br)c(C)c3)cs2)cc1OC. The molecule has 0 saturated carbocycles. The third-order valence-corrected chi connectivity index (χ3v) is 5.43. The second-order valence-corrected chi connectivity index (χ2v) is 7.36. The number of carbonyl (C=O) groups is 1. The number of methoxy groups -OCH3 is 2. The molecular formula is C19H18BrN3O3S. The Balaban J connectivity index is 1.70. The largest absolute Gasteiger partial charge is 0.493 e. The Morgan fingerprint density at radius 1 is 1.07 bits per heavy atom. The molecule has 3 aromatic rings. The highest BCUT2D eigenvalue weighted by atomic mass is 79.9. The molecular weight excluding hydrogens is 430 g/mol. The number of benzene rings is 2. The summed E-state index contributed by atoms with van der Waals surface area (Å²) in [4.78, 5) is 16.8. The van der Waals surface area contributed by atoms with Gasteiger partial charge in [-0.05, 0) is 42.8 Å². The van der Waals surface area contributed by atoms with Gasteiger partial charge in [0.05, 0.1) is 14.2 Å². The Hall–Kier alpha value is -2.58. The fourth-order valence-corrected chi connectivity index (χ4v) is 3.35. The minimum Gasteiger partial charge on any atom is -0.493 e. The highest BCUT2D eigenvalue weighted by molar-refractivity contribution is 9.10. The zero-order valence-electron chi connectivity index (χ0n) is 15.0. The zero-order chi connectivity index (χ0) is 19.4. The number of amides is 1. The number of nitrogens with one attached hydrogen (secondary N) is 2. The van der Waals surface area contributed by atoms with E-state index in [-0.39, 0.29) is 5.91 Å². The van der Waals surface area contributed by atoms with Gasteiger partial charge in [0.15, 0.2) is 16.6 Å². The van der Waals surface area contributed by atoms with Gasteiger partial charge in [0.1, 0.15) is 5.69 Å². The van der Waals surface area contributed by atoms with Gasteiger partial charge in [0.25, 0.3) is 5.91 Å². The second kappa shape index (κ2) is 8.41. The van der Waals surface area contributed by atoms with E-state index in [1.807, 2.05) is 37.3 Å². The lowest BCUT2D eigenvalue weighted by Crippen LogP contribution is -2.12. The van der Waals surface area contributed by atoms with Crippen molar-refractivity contribution in [2.75, 3.05) is 24.9 Å². The summed E-state index contributed by atoms with van der Waals surface area (Å²) < 4.78 is 11.5. The zero-order valence-corrected chi connectivity index (χ0v) is 17.4. The predicted octanol–water partition coefficient (Wildman–Crippen LogP) is 5.23. The van der Waals surface area contributed by atoms with Crippen LogP contribution in [0.3, 0.4) is 0 Å². The van der Waals surface area contributed by atoms with Crippen LogP contribution in [0.1, 0.15) is 16.1 Å². The summed E-state index contributed by atoms with van der Waals surface area (Å²) in [6.07, 6.45) is 0. The number of hydrogen-bond donors (Lipinski definition) is 2. The first kappa shape index (κ1) is 19.2. The lowest BCUT2D eigenvalue weighted by molar-refractivity contribution is 0.102. The minimum absolute atomic E-state index is 0.256. The van der Waals surface area contributed by atoms with Gasteiger partial charge in [-0.15, -0.1) is 11.3 Å². The number of anilines is 3. The van der Waals surface area contributed by atoms with Crippen molar-refractivity contribution < 1.29 is 14.3 Å². The molecule has 3 rings (SSSR count). The normalized spacial score (nSPS) is 10.4. The standard InChI is InChI=1S/C19H18BrN3O3S/c1-11-8-12(4-6-14(11)20)21-18(24)15-10-27-19(23-15)22-13-5-7-16(25-2)17(9-13)26-3/h4-10H,1-3H3,(H,21,24)(H,22,23). The quantitative estimate of drug-likeness (QED) is 0.541. The third-order valence-electron chi connectivity index (χ3n) is 3.79. The lowest BCUT2D eigenvalue weighted by atomic mass is 10.2. The summed E-state index contributed by atoms with van der Waals surface area (Å²) in [5.74, 6) is 1.00. The number of rotatable bonds is 6. The average Bonchev–Trinajstić information content (AvgIpc) is 3.13. The summed E-state index contributed by atoms with van der Waals surface area (Å²) >= 11 is 4.80. The van der Waals surface area contributed by atoms with Crippen LogP contribution in [0.2, 0.25) is 0 Å². The topological polar surface area (TPSA) is 72.5 Å². The molecule has 0 unspecified atom stereocenters. The molecule has 2 aromatic carbocycles. The molecule has 0 fully saturated rings. The monoisotopic (exact) mass is 447 g/mol. The molecule has 0 radical (unpaired) electrons. The van der Waals surface area contributed by atoms with E-state index in [0.717, 1.165) is 21.4 Å². The number of halogens is 1. The summed E-state index contributed by atoms with van der Waals surface area (Å²) in [7, 11) is 3.17. The van der Waals surface area contributed by atoms with Crippen molar-refractivity contribution >= 4 is 49.7 Å². The number of ether oxygens (including phenoxy) is 2. The van der Waals surface area contributed by atoms with Crippen molar-refractivity contribution in [3.63, 3.8) is 0 Å². The van der Waals surface area contributed by atoms with E-state index in [2.05, 4.69) is 31.5 Å². The second-order valence-electron chi connectivity index (χ2n) is 5.65. The van der Waals surface area contributed by atoms with Crippen LogP contribution in [0.4, 0.5) is 16.5 Å². The van der Waals surface area contributed by atoms with Crippen LogP contribution >= 0.6 is 27.3 Å². The molecule has 1 amide bonds. The van der Waals surface area contributed by atoms with Crippen LogP contribution in [-0.4, -0.2) is 25.1 Å². The van der Waals surface area contributed by atoms with Gasteiger partial charge in [0, 0.05) is 27.3 Å². The highest BCUT2D eigenvalue weighted by Gasteiger charge is 2.12. The number of thiazole rings is 1. The van der Waals surface area contributed by atoms with Crippen molar-refractivity contribution in [1.29, 1.82) is 0 Å². The molecule has 0 aliphatic carbocycles. The fourth-order valence-electron chi connectivity index (χ4n) is 2.39. The molecule has 27 heavy (non-hydrogen) atoms. The molecule has 0 saturated heterocycles. The molecule has 0 bridgehead atoms. The first-order valence-corrected chi connectivity index (χ1v) is 9.69. The van der Waals surface area contributed by atoms with Crippen LogP contribution < -0.4 is 20.1 Å². The first-order valence-electron chi connectivity index (χ1n) is 8.02. The van der Waals surface area contributed by atoms with Crippen LogP contribution in [-0.2, 0) is 0 Å². The van der Waals surface area contributed by atoms with Crippen molar-refractivity contribution in [3.8, 4) is 11.5 Å². The summed E-state index contributed by atoms with van der Waals surface area (Å²) in [6, 6.07) is 11.1. The van der Waals surface area contributed by atoms with Crippen LogP contribution in [0.5, 0.6) is 11.5 Å². The molecule has 6 nitrogen and oxygen atoms in total. The summed E-state index contributed by atoms with van der Waals surface area (Å²) in [5.41, 5.74) is 2.91. The van der Waals surface area contributed by atoms with Gasteiger partial charge in [-0.1, -0.05) is 15.9 Å². The molecule has 1 heterocycles. The minimum atomic E-state index is -0.256. The first-order chi connectivity index (χ1) is 13.0. The number of aryl methyl sites for hydroxylation is 1. The number of aromatic nitrogens is 1. The molecule has 0 aliphatic rings. The maximum absolute atomic E-state index is 12.4. The Morgan fingerprint density at radius 3 is 2.52 bits per heavy atom. The molecule has 8 heteroatoms. The van der Waals surface area contributed by atoms with E-state index in [4.69, 9.17) is 9.47 Å². The van der Waals surface area contributed by atoms with Crippen molar-refractivity contribution in [3.05, 3.63) is 57.5 Å². The highest BCUT2D eigenvalue weighted by Crippen LogP contribution is 2.31.